The molecule has 0 bridgehead atoms. The van der Waals surface area contributed by atoms with Gasteiger partial charge in [-0.2, -0.15) is 0 Å². The Balaban J connectivity index is 2.74. The van der Waals surface area contributed by atoms with Crippen molar-refractivity contribution >= 4 is 12.2 Å². The Morgan fingerprint density at radius 1 is 1.42 bits per heavy atom. The number of H-pyrrole nitrogens is 1. The molecule has 0 aliphatic heterocycles. The van der Waals surface area contributed by atoms with E-state index in [2.05, 4.69) is 9.97 Å². The maximum Gasteiger partial charge on any atom is 0.133 e. The average molecular weight is 278 g/mol. The van der Waals surface area contributed by atoms with Crippen molar-refractivity contribution < 1.29 is 9.13 Å². The summed E-state index contributed by atoms with van der Waals surface area (Å²) in [4.78, 5) is 7.48. The Labute approximate surface area is 116 Å². The molecule has 1 aromatic carbocycles. The Hall–Kier alpha value is -1.75. The van der Waals surface area contributed by atoms with Gasteiger partial charge >= 0.3 is 0 Å². The van der Waals surface area contributed by atoms with E-state index >= 15 is 0 Å². The minimum Gasteiger partial charge on any atom is -0.496 e. The van der Waals surface area contributed by atoms with Gasteiger partial charge in [-0.25, -0.2) is 9.37 Å². The van der Waals surface area contributed by atoms with E-state index < -0.39 is 0 Å². The molecule has 0 atom stereocenters. The van der Waals surface area contributed by atoms with E-state index in [0.29, 0.717) is 16.0 Å². The highest BCUT2D eigenvalue weighted by Gasteiger charge is 2.12. The predicted molar refractivity (Wildman–Crippen MR) is 75.5 cm³/mol. The number of aryl methyl sites for hydroxylation is 1. The summed E-state index contributed by atoms with van der Waals surface area (Å²) >= 11 is 5.24. The molecular weight excluding hydrogens is 263 g/mol. The predicted octanol–water partition coefficient (Wildman–Crippen LogP) is 3.82. The van der Waals surface area contributed by atoms with Crippen LogP contribution in [0.3, 0.4) is 0 Å². The zero-order valence-electron chi connectivity index (χ0n) is 11.1. The number of rotatable bonds is 3. The minimum absolute atomic E-state index is 0.315. The lowest BCUT2D eigenvalue weighted by molar-refractivity contribution is 0.415. The molecule has 3 nitrogen and oxygen atoms in total. The van der Waals surface area contributed by atoms with Crippen LogP contribution in [0.15, 0.2) is 18.2 Å². The molecule has 0 unspecified atom stereocenters. The van der Waals surface area contributed by atoms with E-state index in [-0.39, 0.29) is 5.82 Å². The molecule has 100 valence electrons. The molecule has 1 aromatic heterocycles. The van der Waals surface area contributed by atoms with Gasteiger partial charge in [0.15, 0.2) is 0 Å². The smallest absolute Gasteiger partial charge is 0.133 e. The second-order valence-corrected chi connectivity index (χ2v) is 4.57. The van der Waals surface area contributed by atoms with Crippen molar-refractivity contribution in [2.45, 2.75) is 20.3 Å². The summed E-state index contributed by atoms with van der Waals surface area (Å²) in [6, 6.07) is 4.41. The topological polar surface area (TPSA) is 37.9 Å². The van der Waals surface area contributed by atoms with Gasteiger partial charge in [-0.05, 0) is 25.1 Å². The number of hydrogen-bond donors (Lipinski definition) is 1. The van der Waals surface area contributed by atoms with Gasteiger partial charge in [-0.3, -0.25) is 0 Å². The first-order valence-electron chi connectivity index (χ1n) is 6.00. The highest BCUT2D eigenvalue weighted by molar-refractivity contribution is 7.71. The third kappa shape index (κ3) is 2.66. The van der Waals surface area contributed by atoms with Crippen LogP contribution in [0.25, 0.3) is 11.3 Å². The van der Waals surface area contributed by atoms with Crippen molar-refractivity contribution in [3.05, 3.63) is 40.0 Å². The summed E-state index contributed by atoms with van der Waals surface area (Å²) in [5.74, 6) is 1.06. The summed E-state index contributed by atoms with van der Waals surface area (Å²) in [7, 11) is 1.56. The molecule has 0 fully saturated rings. The number of aromatic nitrogens is 2. The van der Waals surface area contributed by atoms with Gasteiger partial charge in [0.2, 0.25) is 0 Å². The van der Waals surface area contributed by atoms with Gasteiger partial charge in [0, 0.05) is 17.5 Å². The van der Waals surface area contributed by atoms with Crippen molar-refractivity contribution in [2.75, 3.05) is 7.11 Å². The van der Waals surface area contributed by atoms with Gasteiger partial charge in [-0.15, -0.1) is 0 Å². The molecular formula is C14H15FN2OS. The summed E-state index contributed by atoms with van der Waals surface area (Å²) < 4.78 is 19.3. The summed E-state index contributed by atoms with van der Waals surface area (Å²) in [5, 5.41) is 0. The summed E-state index contributed by atoms with van der Waals surface area (Å²) in [6.45, 7) is 3.85. The van der Waals surface area contributed by atoms with Gasteiger partial charge < -0.3 is 9.72 Å². The third-order valence-corrected chi connectivity index (χ3v) is 3.36. The van der Waals surface area contributed by atoms with Crippen LogP contribution < -0.4 is 4.74 Å². The molecule has 0 amide bonds. The fourth-order valence-electron chi connectivity index (χ4n) is 1.89. The number of benzene rings is 1. The van der Waals surface area contributed by atoms with E-state index in [1.165, 1.54) is 12.1 Å². The molecule has 2 aromatic rings. The Morgan fingerprint density at radius 3 is 2.79 bits per heavy atom. The lowest BCUT2D eigenvalue weighted by atomic mass is 10.1. The lowest BCUT2D eigenvalue weighted by Gasteiger charge is -2.12. The van der Waals surface area contributed by atoms with Crippen LogP contribution in [0.5, 0.6) is 5.75 Å². The van der Waals surface area contributed by atoms with Crippen LogP contribution in [-0.4, -0.2) is 17.1 Å². The van der Waals surface area contributed by atoms with Gasteiger partial charge in [0.05, 0.1) is 12.8 Å². The van der Waals surface area contributed by atoms with Gasteiger partial charge in [-0.1, -0.05) is 19.1 Å². The number of halogens is 1. The molecule has 1 heterocycles. The average Bonchev–Trinajstić information content (AvgIpc) is 2.41. The zero-order chi connectivity index (χ0) is 14.0. The van der Waals surface area contributed by atoms with Crippen molar-refractivity contribution in [2.24, 2.45) is 0 Å². The van der Waals surface area contributed by atoms with Crippen LogP contribution in [0.4, 0.5) is 4.39 Å². The van der Waals surface area contributed by atoms with E-state index in [4.69, 9.17) is 17.0 Å². The van der Waals surface area contributed by atoms with E-state index in [0.717, 1.165) is 23.5 Å². The lowest BCUT2D eigenvalue weighted by Crippen LogP contribution is -2.01. The first kappa shape index (κ1) is 13.7. The molecule has 0 saturated heterocycles. The molecule has 0 spiro atoms. The Morgan fingerprint density at radius 2 is 2.16 bits per heavy atom. The van der Waals surface area contributed by atoms with Crippen molar-refractivity contribution in [1.82, 2.24) is 9.97 Å². The monoisotopic (exact) mass is 278 g/mol. The number of nitrogens with zero attached hydrogens (tertiary/aromatic N) is 1. The van der Waals surface area contributed by atoms with Crippen molar-refractivity contribution in [3.8, 4) is 17.0 Å². The highest BCUT2D eigenvalue weighted by atomic mass is 32.1. The zero-order valence-corrected chi connectivity index (χ0v) is 11.9. The molecule has 1 N–H and O–H groups in total. The number of ether oxygens (including phenoxy) is 1. The first-order chi connectivity index (χ1) is 9.06. The molecule has 2 rings (SSSR count). The minimum atomic E-state index is -0.315. The number of hydrogen-bond acceptors (Lipinski definition) is 3. The fourth-order valence-corrected chi connectivity index (χ4v) is 2.10. The van der Waals surface area contributed by atoms with Crippen LogP contribution in [0, 0.1) is 17.4 Å². The SMILES string of the molecule is CCc1nc(=S)c(C)c(-c2cc(F)ccc2OC)[nH]1. The third-order valence-electron chi connectivity index (χ3n) is 2.97. The quantitative estimate of drug-likeness (QED) is 0.867. The maximum atomic E-state index is 13.5. The molecule has 0 aliphatic carbocycles. The standard InChI is InChI=1S/C14H15FN2OS/c1-4-12-16-13(8(2)14(19)17-12)10-7-9(15)5-6-11(10)18-3/h5-7H,4H2,1-3H3,(H,16,17,19). The molecule has 19 heavy (non-hydrogen) atoms. The molecule has 0 saturated carbocycles. The number of aromatic amines is 1. The van der Waals surface area contributed by atoms with Gasteiger partial charge in [0.25, 0.3) is 0 Å². The number of nitrogens with one attached hydrogen (secondary N) is 1. The normalized spacial score (nSPS) is 10.5. The van der Waals surface area contributed by atoms with Crippen LogP contribution in [0.1, 0.15) is 18.3 Å². The Bertz CT molecular complexity index is 667. The summed E-state index contributed by atoms with van der Waals surface area (Å²) in [5.41, 5.74) is 2.23. The fraction of sp³-hybridized carbons (Fsp3) is 0.286. The number of methoxy groups -OCH3 is 1. The van der Waals surface area contributed by atoms with Gasteiger partial charge in [0.1, 0.15) is 22.0 Å². The van der Waals surface area contributed by atoms with E-state index in [9.17, 15) is 4.39 Å². The second kappa shape index (κ2) is 5.48. The molecule has 5 heteroatoms. The molecule has 0 aliphatic rings. The maximum absolute atomic E-state index is 13.5. The van der Waals surface area contributed by atoms with Crippen LogP contribution in [0.2, 0.25) is 0 Å². The largest absolute Gasteiger partial charge is 0.496 e. The van der Waals surface area contributed by atoms with Crippen LogP contribution in [-0.2, 0) is 6.42 Å². The van der Waals surface area contributed by atoms with E-state index in [1.807, 2.05) is 13.8 Å². The first-order valence-corrected chi connectivity index (χ1v) is 6.41. The Kier molecular flexibility index (Phi) is 3.95. The molecule has 0 radical (unpaired) electrons. The van der Waals surface area contributed by atoms with Crippen molar-refractivity contribution in [1.29, 1.82) is 0 Å². The summed E-state index contributed by atoms with van der Waals surface area (Å²) in [6.07, 6.45) is 0.731. The second-order valence-electron chi connectivity index (χ2n) is 4.19. The van der Waals surface area contributed by atoms with E-state index in [1.54, 1.807) is 13.2 Å². The van der Waals surface area contributed by atoms with Crippen molar-refractivity contribution in [3.63, 3.8) is 0 Å². The van der Waals surface area contributed by atoms with Crippen LogP contribution >= 0.6 is 12.2 Å². The highest BCUT2D eigenvalue weighted by Crippen LogP contribution is 2.31.